The predicted octanol–water partition coefficient (Wildman–Crippen LogP) is 0.625. The molecule has 2 fully saturated rings. The molecule has 7 heteroatoms. The van der Waals surface area contributed by atoms with Gasteiger partial charge in [0, 0.05) is 51.7 Å². The van der Waals surface area contributed by atoms with Gasteiger partial charge in [-0.2, -0.15) is 0 Å². The smallest absolute Gasteiger partial charge is 0.242 e. The van der Waals surface area contributed by atoms with Crippen LogP contribution in [0.5, 0.6) is 0 Å². The zero-order chi connectivity index (χ0) is 16.9. The maximum absolute atomic E-state index is 12.5. The number of rotatable bonds is 4. The van der Waals surface area contributed by atoms with Crippen LogP contribution >= 0.6 is 0 Å². The highest BCUT2D eigenvalue weighted by molar-refractivity contribution is 5.81. The number of piperidine rings is 1. The van der Waals surface area contributed by atoms with Crippen molar-refractivity contribution in [3.8, 4) is 0 Å². The van der Waals surface area contributed by atoms with Gasteiger partial charge in [0.25, 0.3) is 0 Å². The van der Waals surface area contributed by atoms with Crippen molar-refractivity contribution in [3.05, 3.63) is 18.6 Å². The molecule has 2 saturated heterocycles. The second-order valence-electron chi connectivity index (χ2n) is 6.71. The van der Waals surface area contributed by atoms with Crippen molar-refractivity contribution in [1.82, 2.24) is 19.8 Å². The fourth-order valence-corrected chi connectivity index (χ4v) is 3.53. The summed E-state index contributed by atoms with van der Waals surface area (Å²) in [7, 11) is 1.88. The number of hydrogen-bond acceptors (Lipinski definition) is 6. The summed E-state index contributed by atoms with van der Waals surface area (Å²) in [5, 5.41) is 0. The molecule has 0 aliphatic carbocycles. The molecule has 1 unspecified atom stereocenters. The molecule has 7 nitrogen and oxygen atoms in total. The molecule has 0 saturated carbocycles. The fraction of sp³-hybridized carbons (Fsp3) is 0.706. The van der Waals surface area contributed by atoms with Crippen molar-refractivity contribution in [2.45, 2.75) is 31.9 Å². The van der Waals surface area contributed by atoms with Crippen LogP contribution in [0.25, 0.3) is 0 Å². The standard InChI is InChI=1S/C17H27N5O2/c1-14-12-22(9-10-24-14)15-3-7-21(8-4-15)17(23)13-20(2)16-11-18-5-6-19-16/h5-6,11,14-15H,3-4,7-10,12-13H2,1-2H3. The molecular weight excluding hydrogens is 306 g/mol. The van der Waals surface area contributed by atoms with Crippen LogP contribution in [0.4, 0.5) is 5.82 Å². The number of hydrogen-bond donors (Lipinski definition) is 0. The van der Waals surface area contributed by atoms with E-state index in [0.717, 1.165) is 51.4 Å². The highest BCUT2D eigenvalue weighted by atomic mass is 16.5. The number of likely N-dealkylation sites (N-methyl/N-ethyl adjacent to an activating group) is 1. The summed E-state index contributed by atoms with van der Waals surface area (Å²) in [6.07, 6.45) is 7.38. The van der Waals surface area contributed by atoms with E-state index in [9.17, 15) is 4.79 Å². The number of ether oxygens (including phenoxy) is 1. The van der Waals surface area contributed by atoms with E-state index in [4.69, 9.17) is 4.74 Å². The third-order valence-electron chi connectivity index (χ3n) is 4.92. The number of carbonyl (C=O) groups is 1. The first kappa shape index (κ1) is 17.1. The Bertz CT molecular complexity index is 533. The van der Waals surface area contributed by atoms with Crippen LogP contribution in [0, 0.1) is 0 Å². The van der Waals surface area contributed by atoms with Crippen LogP contribution < -0.4 is 4.90 Å². The maximum Gasteiger partial charge on any atom is 0.242 e. The molecule has 2 aliphatic heterocycles. The molecule has 1 aromatic rings. The van der Waals surface area contributed by atoms with E-state index < -0.39 is 0 Å². The Kier molecular flexibility index (Phi) is 5.63. The molecule has 3 heterocycles. The van der Waals surface area contributed by atoms with Crippen LogP contribution in [-0.4, -0.2) is 84.2 Å². The van der Waals surface area contributed by atoms with Gasteiger partial charge < -0.3 is 14.5 Å². The summed E-state index contributed by atoms with van der Waals surface area (Å²) in [5.41, 5.74) is 0. The monoisotopic (exact) mass is 333 g/mol. The number of morpholine rings is 1. The number of anilines is 1. The molecule has 0 spiro atoms. The molecule has 0 aromatic carbocycles. The largest absolute Gasteiger partial charge is 0.376 e. The number of amides is 1. The quantitative estimate of drug-likeness (QED) is 0.805. The van der Waals surface area contributed by atoms with E-state index in [0.29, 0.717) is 18.7 Å². The van der Waals surface area contributed by atoms with Gasteiger partial charge in [0.15, 0.2) is 0 Å². The number of nitrogens with zero attached hydrogens (tertiary/aromatic N) is 5. The van der Waals surface area contributed by atoms with Crippen LogP contribution in [0.15, 0.2) is 18.6 Å². The van der Waals surface area contributed by atoms with Gasteiger partial charge in [0.2, 0.25) is 5.91 Å². The average Bonchev–Trinajstić information content (AvgIpc) is 2.62. The van der Waals surface area contributed by atoms with E-state index in [-0.39, 0.29) is 5.91 Å². The summed E-state index contributed by atoms with van der Waals surface area (Å²) in [6, 6.07) is 0.582. The minimum Gasteiger partial charge on any atom is -0.376 e. The lowest BCUT2D eigenvalue weighted by Crippen LogP contribution is -2.52. The Morgan fingerprint density at radius 2 is 2.12 bits per heavy atom. The number of carbonyl (C=O) groups excluding carboxylic acids is 1. The zero-order valence-electron chi connectivity index (χ0n) is 14.6. The molecule has 24 heavy (non-hydrogen) atoms. The van der Waals surface area contributed by atoms with E-state index in [1.165, 1.54) is 0 Å². The van der Waals surface area contributed by atoms with Crippen molar-refractivity contribution < 1.29 is 9.53 Å². The van der Waals surface area contributed by atoms with Crippen molar-refractivity contribution in [2.24, 2.45) is 0 Å². The van der Waals surface area contributed by atoms with E-state index in [1.54, 1.807) is 18.6 Å². The molecule has 0 bridgehead atoms. The summed E-state index contributed by atoms with van der Waals surface area (Å²) in [4.78, 5) is 27.2. The summed E-state index contributed by atoms with van der Waals surface area (Å²) >= 11 is 0. The van der Waals surface area contributed by atoms with Gasteiger partial charge in [0.1, 0.15) is 5.82 Å². The third kappa shape index (κ3) is 4.21. The molecule has 0 N–H and O–H groups in total. The van der Waals surface area contributed by atoms with Gasteiger partial charge in [-0.05, 0) is 19.8 Å². The first-order valence-electron chi connectivity index (χ1n) is 8.74. The highest BCUT2D eigenvalue weighted by Gasteiger charge is 2.29. The van der Waals surface area contributed by atoms with Crippen LogP contribution in [0.1, 0.15) is 19.8 Å². The maximum atomic E-state index is 12.5. The topological polar surface area (TPSA) is 61.8 Å². The van der Waals surface area contributed by atoms with Crippen molar-refractivity contribution in [2.75, 3.05) is 51.3 Å². The van der Waals surface area contributed by atoms with Crippen molar-refractivity contribution in [3.63, 3.8) is 0 Å². The minimum atomic E-state index is 0.164. The van der Waals surface area contributed by atoms with Crippen LogP contribution in [-0.2, 0) is 9.53 Å². The van der Waals surface area contributed by atoms with Crippen LogP contribution in [0.3, 0.4) is 0 Å². The molecule has 1 amide bonds. The van der Waals surface area contributed by atoms with Gasteiger partial charge in [-0.1, -0.05) is 0 Å². The molecule has 3 rings (SSSR count). The highest BCUT2D eigenvalue weighted by Crippen LogP contribution is 2.19. The molecule has 2 aliphatic rings. The minimum absolute atomic E-state index is 0.164. The number of likely N-dealkylation sites (tertiary alicyclic amines) is 1. The lowest BCUT2D eigenvalue weighted by Gasteiger charge is -2.41. The Balaban J connectivity index is 1.46. The first-order chi connectivity index (χ1) is 11.6. The molecular formula is C17H27N5O2. The van der Waals surface area contributed by atoms with E-state index in [2.05, 4.69) is 21.8 Å². The van der Waals surface area contributed by atoms with Gasteiger partial charge in [-0.15, -0.1) is 0 Å². The molecule has 1 aromatic heterocycles. The van der Waals surface area contributed by atoms with Gasteiger partial charge >= 0.3 is 0 Å². The predicted molar refractivity (Wildman–Crippen MR) is 91.9 cm³/mol. The molecule has 1 atom stereocenters. The number of aromatic nitrogens is 2. The van der Waals surface area contributed by atoms with E-state index in [1.807, 2.05) is 16.8 Å². The van der Waals surface area contributed by atoms with Crippen LogP contribution in [0.2, 0.25) is 0 Å². The second kappa shape index (κ2) is 7.90. The normalized spacial score (nSPS) is 23.2. The lowest BCUT2D eigenvalue weighted by molar-refractivity contribution is -0.131. The molecule has 0 radical (unpaired) electrons. The van der Waals surface area contributed by atoms with Gasteiger partial charge in [-0.25, -0.2) is 4.98 Å². The summed E-state index contributed by atoms with van der Waals surface area (Å²) in [6.45, 7) is 6.99. The Hall–Kier alpha value is -1.73. The Labute approximate surface area is 143 Å². The van der Waals surface area contributed by atoms with Crippen molar-refractivity contribution in [1.29, 1.82) is 0 Å². The third-order valence-corrected chi connectivity index (χ3v) is 4.92. The van der Waals surface area contributed by atoms with Crippen molar-refractivity contribution >= 4 is 11.7 Å². The average molecular weight is 333 g/mol. The Morgan fingerprint density at radius 3 is 2.79 bits per heavy atom. The van der Waals surface area contributed by atoms with Gasteiger partial charge in [-0.3, -0.25) is 14.7 Å². The summed E-state index contributed by atoms with van der Waals surface area (Å²) < 4.78 is 5.62. The first-order valence-corrected chi connectivity index (χ1v) is 8.74. The van der Waals surface area contributed by atoms with E-state index >= 15 is 0 Å². The summed E-state index contributed by atoms with van der Waals surface area (Å²) in [5.74, 6) is 0.889. The van der Waals surface area contributed by atoms with Gasteiger partial charge in [0.05, 0.1) is 25.5 Å². The zero-order valence-corrected chi connectivity index (χ0v) is 14.6. The molecule has 132 valence electrons. The second-order valence-corrected chi connectivity index (χ2v) is 6.71. The fourth-order valence-electron chi connectivity index (χ4n) is 3.53. The lowest BCUT2D eigenvalue weighted by atomic mass is 10.0. The Morgan fingerprint density at radius 1 is 1.33 bits per heavy atom. The SMILES string of the molecule is CC1CN(C2CCN(C(=O)CN(C)c3cnccn3)CC2)CCO1.